The minimum atomic E-state index is -3.73. The first kappa shape index (κ1) is 12.4. The third kappa shape index (κ3) is 2.06. The average Bonchev–Trinajstić information content (AvgIpc) is 3.02. The smallest absolute Gasteiger partial charge is 0.270 e. The van der Waals surface area contributed by atoms with Crippen LogP contribution in [0.15, 0.2) is 15.7 Å². The number of hydrogen-bond acceptors (Lipinski definition) is 4. The van der Waals surface area contributed by atoms with Crippen LogP contribution in [0.5, 0.6) is 0 Å². The number of likely N-dealkylation sites (tertiary alicyclic amines) is 1. The fourth-order valence-corrected chi connectivity index (χ4v) is 4.84. The van der Waals surface area contributed by atoms with Crippen molar-refractivity contribution in [1.82, 2.24) is 4.90 Å². The predicted octanol–water partition coefficient (Wildman–Crippen LogP) is 2.30. The Bertz CT molecular complexity index is 595. The molecular formula is C11H12ClNO3S2. The van der Waals surface area contributed by atoms with Crippen LogP contribution in [0.25, 0.3) is 0 Å². The van der Waals surface area contributed by atoms with Gasteiger partial charge in [0.15, 0.2) is 0 Å². The summed E-state index contributed by atoms with van der Waals surface area (Å²) in [5.41, 5.74) is 0.437. The summed E-state index contributed by atoms with van der Waals surface area (Å²) in [6.45, 7) is 0.808. The van der Waals surface area contributed by atoms with Crippen LogP contribution in [0.2, 0.25) is 0 Å². The van der Waals surface area contributed by atoms with Crippen molar-refractivity contribution in [2.45, 2.75) is 29.5 Å². The van der Waals surface area contributed by atoms with Crippen LogP contribution in [-0.2, 0) is 9.05 Å². The van der Waals surface area contributed by atoms with Crippen molar-refractivity contribution in [2.24, 2.45) is 5.92 Å². The second-order valence-electron chi connectivity index (χ2n) is 4.88. The average molecular weight is 306 g/mol. The largest absolute Gasteiger partial charge is 0.335 e. The molecule has 4 nitrogen and oxygen atoms in total. The van der Waals surface area contributed by atoms with Crippen molar-refractivity contribution < 1.29 is 13.2 Å². The zero-order chi connectivity index (χ0) is 12.9. The van der Waals surface area contributed by atoms with E-state index < -0.39 is 9.05 Å². The van der Waals surface area contributed by atoms with E-state index in [1.807, 2.05) is 4.90 Å². The molecule has 2 aliphatic rings. The molecule has 3 rings (SSSR count). The Morgan fingerprint density at radius 1 is 1.44 bits per heavy atom. The number of halogens is 1. The Morgan fingerprint density at radius 3 is 2.72 bits per heavy atom. The van der Waals surface area contributed by atoms with Gasteiger partial charge in [-0.25, -0.2) is 8.42 Å². The number of nitrogens with zero attached hydrogens (tertiary/aromatic N) is 1. The SMILES string of the molecule is O=C(c1csc(S(=O)(=O)Cl)c1)N1CC2CCC1C2. The lowest BCUT2D eigenvalue weighted by molar-refractivity contribution is 0.0704. The van der Waals surface area contributed by atoms with Gasteiger partial charge in [0.05, 0.1) is 5.56 Å². The summed E-state index contributed by atoms with van der Waals surface area (Å²) in [6, 6.07) is 1.72. The summed E-state index contributed by atoms with van der Waals surface area (Å²) in [5, 5.41) is 1.57. The zero-order valence-electron chi connectivity index (χ0n) is 9.50. The quantitative estimate of drug-likeness (QED) is 0.788. The van der Waals surface area contributed by atoms with Gasteiger partial charge in [0.1, 0.15) is 4.21 Å². The highest BCUT2D eigenvalue weighted by molar-refractivity contribution is 8.15. The molecule has 1 aliphatic carbocycles. The molecule has 2 atom stereocenters. The van der Waals surface area contributed by atoms with Crippen molar-refractivity contribution >= 4 is 37.0 Å². The molecule has 0 spiro atoms. The highest BCUT2D eigenvalue weighted by Crippen LogP contribution is 2.38. The Labute approximate surface area is 114 Å². The first-order chi connectivity index (χ1) is 8.45. The molecule has 7 heteroatoms. The number of thiophene rings is 1. The Morgan fingerprint density at radius 2 is 2.22 bits per heavy atom. The minimum absolute atomic E-state index is 0.0388. The molecule has 0 aromatic carbocycles. The summed E-state index contributed by atoms with van der Waals surface area (Å²) >= 11 is 0.996. The van der Waals surface area contributed by atoms with Crippen molar-refractivity contribution in [3.05, 3.63) is 17.0 Å². The number of carbonyl (C=O) groups is 1. The van der Waals surface area contributed by atoms with E-state index in [0.29, 0.717) is 17.5 Å². The van der Waals surface area contributed by atoms with Crippen LogP contribution in [0.1, 0.15) is 29.6 Å². The van der Waals surface area contributed by atoms with Gasteiger partial charge in [-0.2, -0.15) is 0 Å². The third-order valence-corrected chi connectivity index (χ3v) is 6.77. The molecule has 0 radical (unpaired) electrons. The van der Waals surface area contributed by atoms with Crippen LogP contribution < -0.4 is 0 Å². The normalized spacial score (nSPS) is 26.8. The number of rotatable bonds is 2. The third-order valence-electron chi connectivity index (χ3n) is 3.73. The van der Waals surface area contributed by atoms with E-state index in [0.717, 1.165) is 30.7 Å². The van der Waals surface area contributed by atoms with Gasteiger partial charge in [-0.3, -0.25) is 4.79 Å². The highest BCUT2D eigenvalue weighted by atomic mass is 35.7. The number of amides is 1. The van der Waals surface area contributed by atoms with Crippen molar-refractivity contribution in [3.8, 4) is 0 Å². The maximum atomic E-state index is 12.3. The van der Waals surface area contributed by atoms with Gasteiger partial charge in [0.2, 0.25) is 0 Å². The molecule has 2 unspecified atom stereocenters. The number of carbonyl (C=O) groups excluding carboxylic acids is 1. The van der Waals surface area contributed by atoms with Crippen LogP contribution in [-0.4, -0.2) is 31.8 Å². The fraction of sp³-hybridized carbons (Fsp3) is 0.545. The second kappa shape index (κ2) is 4.21. The molecule has 2 fully saturated rings. The maximum Gasteiger partial charge on any atom is 0.270 e. The monoisotopic (exact) mass is 305 g/mol. The van der Waals surface area contributed by atoms with E-state index in [9.17, 15) is 13.2 Å². The molecule has 1 aromatic heterocycles. The number of piperidine rings is 1. The molecule has 1 saturated heterocycles. The standard InChI is InChI=1S/C11H12ClNO3S2/c12-18(15,16)10-4-8(6-17-10)11(14)13-5-7-1-2-9(13)3-7/h4,6-7,9H,1-3,5H2. The minimum Gasteiger partial charge on any atom is -0.335 e. The molecule has 2 bridgehead atoms. The second-order valence-corrected chi connectivity index (χ2v) is 8.59. The molecule has 1 aromatic rings. The first-order valence-electron chi connectivity index (χ1n) is 5.79. The number of fused-ring (bicyclic) bond motifs is 2. The van der Waals surface area contributed by atoms with Gasteiger partial charge in [0, 0.05) is 28.6 Å². The zero-order valence-corrected chi connectivity index (χ0v) is 11.9. The molecular weight excluding hydrogens is 294 g/mol. The number of hydrogen-bond donors (Lipinski definition) is 0. The Balaban J connectivity index is 1.83. The van der Waals surface area contributed by atoms with Crippen LogP contribution in [0.4, 0.5) is 0 Å². The van der Waals surface area contributed by atoms with E-state index in [1.165, 1.54) is 12.5 Å². The summed E-state index contributed by atoms with van der Waals surface area (Å²) in [6.07, 6.45) is 3.37. The molecule has 0 N–H and O–H groups in total. The van der Waals surface area contributed by atoms with Crippen LogP contribution in [0.3, 0.4) is 0 Å². The molecule has 18 heavy (non-hydrogen) atoms. The van der Waals surface area contributed by atoms with E-state index in [4.69, 9.17) is 10.7 Å². The molecule has 1 aliphatic heterocycles. The van der Waals surface area contributed by atoms with Crippen molar-refractivity contribution in [1.29, 1.82) is 0 Å². The van der Waals surface area contributed by atoms with E-state index in [-0.39, 0.29) is 10.1 Å². The van der Waals surface area contributed by atoms with E-state index in [2.05, 4.69) is 0 Å². The molecule has 1 amide bonds. The lowest BCUT2D eigenvalue weighted by Crippen LogP contribution is -2.37. The summed E-state index contributed by atoms with van der Waals surface area (Å²) in [7, 11) is 1.53. The lowest BCUT2D eigenvalue weighted by atomic mass is 10.1. The van der Waals surface area contributed by atoms with Gasteiger partial charge in [-0.15, -0.1) is 11.3 Å². The van der Waals surface area contributed by atoms with E-state index in [1.54, 1.807) is 5.38 Å². The predicted molar refractivity (Wildman–Crippen MR) is 69.5 cm³/mol. The van der Waals surface area contributed by atoms with Crippen LogP contribution in [0, 0.1) is 5.92 Å². The van der Waals surface area contributed by atoms with Gasteiger partial charge in [-0.05, 0) is 31.2 Å². The Hall–Kier alpha value is -0.590. The summed E-state index contributed by atoms with van der Waals surface area (Å²) in [4.78, 5) is 14.1. The molecule has 2 heterocycles. The highest BCUT2D eigenvalue weighted by Gasteiger charge is 2.40. The van der Waals surface area contributed by atoms with Gasteiger partial charge in [-0.1, -0.05) is 0 Å². The molecule has 1 saturated carbocycles. The van der Waals surface area contributed by atoms with Crippen molar-refractivity contribution in [3.63, 3.8) is 0 Å². The Kier molecular flexibility index (Phi) is 2.91. The van der Waals surface area contributed by atoms with E-state index >= 15 is 0 Å². The fourth-order valence-electron chi connectivity index (χ4n) is 2.90. The maximum absolute atomic E-state index is 12.3. The molecule has 98 valence electrons. The topological polar surface area (TPSA) is 54.5 Å². The first-order valence-corrected chi connectivity index (χ1v) is 8.98. The van der Waals surface area contributed by atoms with Crippen LogP contribution >= 0.6 is 22.0 Å². The summed E-state index contributed by atoms with van der Waals surface area (Å²) in [5.74, 6) is 0.568. The lowest BCUT2D eigenvalue weighted by Gasteiger charge is -2.26. The van der Waals surface area contributed by atoms with Gasteiger partial charge < -0.3 is 4.90 Å². The van der Waals surface area contributed by atoms with Gasteiger partial charge >= 0.3 is 0 Å². The summed E-state index contributed by atoms with van der Waals surface area (Å²) < 4.78 is 22.4. The van der Waals surface area contributed by atoms with Gasteiger partial charge in [0.25, 0.3) is 15.0 Å². The van der Waals surface area contributed by atoms with Crippen molar-refractivity contribution in [2.75, 3.05) is 6.54 Å².